The van der Waals surface area contributed by atoms with Crippen molar-refractivity contribution in [1.29, 1.82) is 0 Å². The first-order valence-corrected chi connectivity index (χ1v) is 7.80. The zero-order valence-electron chi connectivity index (χ0n) is 13.5. The number of ether oxygens (including phenoxy) is 1. The first-order chi connectivity index (χ1) is 9.60. The monoisotopic (exact) mass is 278 g/mol. The van der Waals surface area contributed by atoms with Crippen LogP contribution in [0.5, 0.6) is 5.75 Å². The number of benzene rings is 1. The lowest BCUT2D eigenvalue weighted by molar-refractivity contribution is 0.221. The Morgan fingerprint density at radius 3 is 2.50 bits per heavy atom. The molecule has 3 heteroatoms. The van der Waals surface area contributed by atoms with Gasteiger partial charge in [0.25, 0.3) is 0 Å². The molecule has 3 nitrogen and oxygen atoms in total. The smallest absolute Gasteiger partial charge is 0.122 e. The summed E-state index contributed by atoms with van der Waals surface area (Å²) in [7, 11) is 0. The van der Waals surface area contributed by atoms with E-state index in [1.807, 2.05) is 0 Å². The summed E-state index contributed by atoms with van der Waals surface area (Å²) in [4.78, 5) is 2.37. The van der Waals surface area contributed by atoms with Crippen molar-refractivity contribution in [2.45, 2.75) is 46.6 Å². The van der Waals surface area contributed by atoms with Gasteiger partial charge in [0.1, 0.15) is 12.4 Å². The van der Waals surface area contributed by atoms with Crippen LogP contribution in [0.15, 0.2) is 18.2 Å². The van der Waals surface area contributed by atoms with Crippen LogP contribution in [0.25, 0.3) is 0 Å². The van der Waals surface area contributed by atoms with Gasteiger partial charge in [-0.05, 0) is 44.5 Å². The maximum atomic E-state index is 6.08. The summed E-state index contributed by atoms with van der Waals surface area (Å²) in [5, 5.41) is 0. The van der Waals surface area contributed by atoms with E-state index < -0.39 is 0 Å². The quantitative estimate of drug-likeness (QED) is 0.754. The lowest BCUT2D eigenvalue weighted by atomic mass is 10.0. The Balaban J connectivity index is 2.64. The highest BCUT2D eigenvalue weighted by molar-refractivity contribution is 5.37. The van der Waals surface area contributed by atoms with Crippen molar-refractivity contribution in [2.24, 2.45) is 5.73 Å². The third kappa shape index (κ3) is 5.51. The van der Waals surface area contributed by atoms with Crippen LogP contribution in [0.2, 0.25) is 0 Å². The number of nitrogens with two attached hydrogens (primary N) is 1. The topological polar surface area (TPSA) is 38.5 Å². The minimum absolute atomic E-state index is 0.210. The number of hydrogen-bond acceptors (Lipinski definition) is 3. The van der Waals surface area contributed by atoms with Crippen molar-refractivity contribution in [3.63, 3.8) is 0 Å². The molecule has 0 bridgehead atoms. The Morgan fingerprint density at radius 1 is 1.20 bits per heavy atom. The standard InChI is InChI=1S/C17H30N2O/c1-5-16(18)13-15-12-14(4)8-9-17(15)20-11-10-19(6-2)7-3/h8-9,12,16H,5-7,10-11,13,18H2,1-4H3. The van der Waals surface area contributed by atoms with Gasteiger partial charge >= 0.3 is 0 Å². The predicted molar refractivity (Wildman–Crippen MR) is 86.4 cm³/mol. The van der Waals surface area contributed by atoms with Gasteiger partial charge in [-0.2, -0.15) is 0 Å². The van der Waals surface area contributed by atoms with Gasteiger partial charge in [0.2, 0.25) is 0 Å². The number of rotatable bonds is 9. The number of likely N-dealkylation sites (N-methyl/N-ethyl adjacent to an activating group) is 1. The average molecular weight is 278 g/mol. The van der Waals surface area contributed by atoms with Crippen molar-refractivity contribution in [1.82, 2.24) is 4.90 Å². The highest BCUT2D eigenvalue weighted by Crippen LogP contribution is 2.22. The highest BCUT2D eigenvalue weighted by Gasteiger charge is 2.09. The first-order valence-electron chi connectivity index (χ1n) is 7.80. The molecule has 0 aliphatic rings. The van der Waals surface area contributed by atoms with Gasteiger partial charge in [-0.3, -0.25) is 0 Å². The van der Waals surface area contributed by atoms with E-state index in [-0.39, 0.29) is 6.04 Å². The summed E-state index contributed by atoms with van der Waals surface area (Å²) in [5.74, 6) is 0.992. The van der Waals surface area contributed by atoms with Crippen LogP contribution in [0, 0.1) is 6.92 Å². The Labute approximate surface area is 124 Å². The maximum Gasteiger partial charge on any atom is 0.122 e. The lowest BCUT2D eigenvalue weighted by Gasteiger charge is -2.20. The molecule has 0 amide bonds. The number of aryl methyl sites for hydroxylation is 1. The van der Waals surface area contributed by atoms with Crippen molar-refractivity contribution in [2.75, 3.05) is 26.2 Å². The van der Waals surface area contributed by atoms with Gasteiger partial charge in [0.15, 0.2) is 0 Å². The average Bonchev–Trinajstić information content (AvgIpc) is 2.45. The molecule has 0 aliphatic heterocycles. The van der Waals surface area contributed by atoms with Crippen LogP contribution < -0.4 is 10.5 Å². The summed E-state index contributed by atoms with van der Waals surface area (Å²) >= 11 is 0. The summed E-state index contributed by atoms with van der Waals surface area (Å²) in [6, 6.07) is 6.59. The first kappa shape index (κ1) is 17.0. The summed E-state index contributed by atoms with van der Waals surface area (Å²) in [6.45, 7) is 12.5. The Bertz CT molecular complexity index is 389. The van der Waals surface area contributed by atoms with E-state index in [0.29, 0.717) is 0 Å². The van der Waals surface area contributed by atoms with Crippen LogP contribution in [0.3, 0.4) is 0 Å². The van der Waals surface area contributed by atoms with Gasteiger partial charge in [-0.1, -0.05) is 38.5 Å². The summed E-state index contributed by atoms with van der Waals surface area (Å²) < 4.78 is 5.97. The van der Waals surface area contributed by atoms with Gasteiger partial charge in [0.05, 0.1) is 0 Å². The van der Waals surface area contributed by atoms with E-state index in [2.05, 4.69) is 50.8 Å². The maximum absolute atomic E-state index is 6.08. The SMILES string of the molecule is CCC(N)Cc1cc(C)ccc1OCCN(CC)CC. The number of hydrogen-bond donors (Lipinski definition) is 1. The van der Waals surface area contributed by atoms with E-state index in [4.69, 9.17) is 10.5 Å². The molecule has 0 saturated carbocycles. The van der Waals surface area contributed by atoms with E-state index in [1.165, 1.54) is 11.1 Å². The predicted octanol–water partition coefficient (Wildman–Crippen LogP) is 3.00. The Hall–Kier alpha value is -1.06. The van der Waals surface area contributed by atoms with Crippen molar-refractivity contribution in [3.05, 3.63) is 29.3 Å². The summed E-state index contributed by atoms with van der Waals surface area (Å²) in [6.07, 6.45) is 1.88. The van der Waals surface area contributed by atoms with Crippen LogP contribution >= 0.6 is 0 Å². The van der Waals surface area contributed by atoms with Crippen molar-refractivity contribution in [3.8, 4) is 5.75 Å². The van der Waals surface area contributed by atoms with E-state index in [1.54, 1.807) is 0 Å². The van der Waals surface area contributed by atoms with Crippen molar-refractivity contribution >= 4 is 0 Å². The summed E-state index contributed by atoms with van der Waals surface area (Å²) in [5.41, 5.74) is 8.58. The number of nitrogens with zero attached hydrogens (tertiary/aromatic N) is 1. The molecular formula is C17H30N2O. The highest BCUT2D eigenvalue weighted by atomic mass is 16.5. The minimum Gasteiger partial charge on any atom is -0.492 e. The molecular weight excluding hydrogens is 248 g/mol. The molecule has 1 rings (SSSR count). The molecule has 0 radical (unpaired) electrons. The van der Waals surface area contributed by atoms with Gasteiger partial charge in [-0.25, -0.2) is 0 Å². The molecule has 0 aromatic heterocycles. The van der Waals surface area contributed by atoms with Gasteiger partial charge in [-0.15, -0.1) is 0 Å². The fraction of sp³-hybridized carbons (Fsp3) is 0.647. The molecule has 0 saturated heterocycles. The molecule has 0 heterocycles. The third-order valence-electron chi connectivity index (χ3n) is 3.78. The fourth-order valence-corrected chi connectivity index (χ4v) is 2.26. The molecule has 1 aromatic rings. The minimum atomic E-state index is 0.210. The second kappa shape index (κ2) is 8.98. The molecule has 0 aliphatic carbocycles. The van der Waals surface area contributed by atoms with Crippen LogP contribution in [0.4, 0.5) is 0 Å². The third-order valence-corrected chi connectivity index (χ3v) is 3.78. The molecule has 20 heavy (non-hydrogen) atoms. The van der Waals surface area contributed by atoms with Gasteiger partial charge in [0, 0.05) is 12.6 Å². The second-order valence-electron chi connectivity index (χ2n) is 5.36. The molecule has 1 unspecified atom stereocenters. The zero-order chi connectivity index (χ0) is 15.0. The molecule has 0 fully saturated rings. The molecule has 114 valence electrons. The van der Waals surface area contributed by atoms with Crippen LogP contribution in [-0.4, -0.2) is 37.2 Å². The largest absolute Gasteiger partial charge is 0.492 e. The van der Waals surface area contributed by atoms with E-state index >= 15 is 0 Å². The fourth-order valence-electron chi connectivity index (χ4n) is 2.26. The van der Waals surface area contributed by atoms with E-state index in [0.717, 1.165) is 44.8 Å². The normalized spacial score (nSPS) is 12.7. The Kier molecular flexibility index (Phi) is 7.63. The van der Waals surface area contributed by atoms with Crippen LogP contribution in [-0.2, 0) is 6.42 Å². The second-order valence-corrected chi connectivity index (χ2v) is 5.36. The molecule has 1 aromatic carbocycles. The van der Waals surface area contributed by atoms with Crippen molar-refractivity contribution < 1.29 is 4.74 Å². The molecule has 0 spiro atoms. The zero-order valence-corrected chi connectivity index (χ0v) is 13.5. The Morgan fingerprint density at radius 2 is 1.90 bits per heavy atom. The lowest BCUT2D eigenvalue weighted by Crippen LogP contribution is -2.28. The molecule has 1 atom stereocenters. The van der Waals surface area contributed by atoms with Gasteiger partial charge < -0.3 is 15.4 Å². The van der Waals surface area contributed by atoms with Crippen LogP contribution in [0.1, 0.15) is 38.3 Å². The van der Waals surface area contributed by atoms with E-state index in [9.17, 15) is 0 Å². The molecule has 2 N–H and O–H groups in total.